The molecule has 0 heterocycles. The van der Waals surface area contributed by atoms with Crippen molar-refractivity contribution in [2.45, 2.75) is 39.0 Å². The van der Waals surface area contributed by atoms with Crippen molar-refractivity contribution in [2.24, 2.45) is 5.92 Å². The minimum Gasteiger partial charge on any atom is -0.0622 e. The van der Waals surface area contributed by atoms with Crippen LogP contribution in [0.3, 0.4) is 0 Å². The Morgan fingerprint density at radius 1 is 0.857 bits per heavy atom. The molecule has 3 aromatic carbocycles. The van der Waals surface area contributed by atoms with E-state index in [9.17, 15) is 0 Å². The molecule has 0 saturated carbocycles. The summed E-state index contributed by atoms with van der Waals surface area (Å²) < 4.78 is 0. The quantitative estimate of drug-likeness (QED) is 0.472. The summed E-state index contributed by atoms with van der Waals surface area (Å²) in [6, 6.07) is 18.2. The molecule has 0 fully saturated rings. The SMILES string of the molecule is CC(C)C1CCCc2c1ccc1c2ccc2ccccc21. The van der Waals surface area contributed by atoms with Gasteiger partial charge in [-0.15, -0.1) is 0 Å². The summed E-state index contributed by atoms with van der Waals surface area (Å²) in [5.41, 5.74) is 3.22. The molecule has 0 aliphatic heterocycles. The van der Waals surface area contributed by atoms with Crippen LogP contribution in [0.2, 0.25) is 0 Å². The van der Waals surface area contributed by atoms with Gasteiger partial charge in [-0.1, -0.05) is 62.4 Å². The third-order valence-corrected chi connectivity index (χ3v) is 5.22. The molecule has 0 saturated heterocycles. The molecule has 0 aromatic heterocycles. The maximum absolute atomic E-state index is 2.41. The largest absolute Gasteiger partial charge is 0.0622 e. The van der Waals surface area contributed by atoms with E-state index in [1.54, 1.807) is 11.1 Å². The van der Waals surface area contributed by atoms with Crippen LogP contribution in [-0.4, -0.2) is 0 Å². The number of rotatable bonds is 1. The fraction of sp³-hybridized carbons (Fsp3) is 0.333. The van der Waals surface area contributed by atoms with Crippen LogP contribution in [0.15, 0.2) is 48.5 Å². The first-order chi connectivity index (χ1) is 10.3. The molecule has 0 nitrogen and oxygen atoms in total. The zero-order chi connectivity index (χ0) is 14.4. The lowest BCUT2D eigenvalue weighted by molar-refractivity contribution is 0.435. The smallest absolute Gasteiger partial charge is 0.0102 e. The minimum absolute atomic E-state index is 0.738. The number of aryl methyl sites for hydroxylation is 1. The molecule has 1 aliphatic carbocycles. The molecular formula is C21H22. The first-order valence-corrected chi connectivity index (χ1v) is 8.19. The molecule has 3 aromatic rings. The van der Waals surface area contributed by atoms with Crippen molar-refractivity contribution >= 4 is 21.5 Å². The van der Waals surface area contributed by atoms with Gasteiger partial charge < -0.3 is 0 Å². The van der Waals surface area contributed by atoms with Gasteiger partial charge in [0.05, 0.1) is 0 Å². The van der Waals surface area contributed by atoms with Gasteiger partial charge in [-0.3, -0.25) is 0 Å². The normalized spacial score (nSPS) is 18.3. The van der Waals surface area contributed by atoms with E-state index in [2.05, 4.69) is 62.4 Å². The lowest BCUT2D eigenvalue weighted by atomic mass is 9.75. The monoisotopic (exact) mass is 274 g/mol. The highest BCUT2D eigenvalue weighted by Gasteiger charge is 2.24. The van der Waals surface area contributed by atoms with E-state index in [1.165, 1.54) is 40.8 Å². The Morgan fingerprint density at radius 2 is 1.67 bits per heavy atom. The van der Waals surface area contributed by atoms with Crippen LogP contribution in [0.1, 0.15) is 43.7 Å². The summed E-state index contributed by atoms with van der Waals surface area (Å²) in [6.07, 6.45) is 3.93. The lowest BCUT2D eigenvalue weighted by Gasteiger charge is -2.29. The molecule has 1 aliphatic rings. The van der Waals surface area contributed by atoms with Crippen LogP contribution in [-0.2, 0) is 6.42 Å². The summed E-state index contributed by atoms with van der Waals surface area (Å²) in [5.74, 6) is 1.48. The Hall–Kier alpha value is -1.82. The number of hydrogen-bond acceptors (Lipinski definition) is 0. The summed E-state index contributed by atoms with van der Waals surface area (Å²) in [6.45, 7) is 4.73. The molecule has 4 rings (SSSR count). The summed E-state index contributed by atoms with van der Waals surface area (Å²) in [5, 5.41) is 5.65. The zero-order valence-electron chi connectivity index (χ0n) is 12.9. The second kappa shape index (κ2) is 4.87. The fourth-order valence-corrected chi connectivity index (χ4v) is 4.14. The summed E-state index contributed by atoms with van der Waals surface area (Å²) in [7, 11) is 0. The molecule has 0 heteroatoms. The number of fused-ring (bicyclic) bond motifs is 5. The molecular weight excluding hydrogens is 252 g/mol. The average molecular weight is 274 g/mol. The molecule has 0 N–H and O–H groups in total. The van der Waals surface area contributed by atoms with Crippen molar-refractivity contribution in [3.05, 3.63) is 59.7 Å². The highest BCUT2D eigenvalue weighted by molar-refractivity contribution is 6.08. The van der Waals surface area contributed by atoms with E-state index >= 15 is 0 Å². The van der Waals surface area contributed by atoms with Crippen molar-refractivity contribution < 1.29 is 0 Å². The fourth-order valence-electron chi connectivity index (χ4n) is 4.14. The van der Waals surface area contributed by atoms with Crippen molar-refractivity contribution in [3.63, 3.8) is 0 Å². The van der Waals surface area contributed by atoms with Gasteiger partial charge in [-0.05, 0) is 63.8 Å². The van der Waals surface area contributed by atoms with E-state index in [0.29, 0.717) is 0 Å². The van der Waals surface area contributed by atoms with Gasteiger partial charge >= 0.3 is 0 Å². The van der Waals surface area contributed by atoms with Crippen LogP contribution in [0.5, 0.6) is 0 Å². The van der Waals surface area contributed by atoms with Gasteiger partial charge in [-0.25, -0.2) is 0 Å². The van der Waals surface area contributed by atoms with Gasteiger partial charge in [0.1, 0.15) is 0 Å². The molecule has 0 radical (unpaired) electrons. The van der Waals surface area contributed by atoms with Gasteiger partial charge in [0.15, 0.2) is 0 Å². The highest BCUT2D eigenvalue weighted by Crippen LogP contribution is 2.41. The Bertz CT molecular complexity index is 811. The van der Waals surface area contributed by atoms with E-state index in [-0.39, 0.29) is 0 Å². The van der Waals surface area contributed by atoms with E-state index in [1.807, 2.05) is 0 Å². The van der Waals surface area contributed by atoms with Crippen molar-refractivity contribution in [1.29, 1.82) is 0 Å². The Kier molecular flexibility index (Phi) is 2.99. The second-order valence-corrected chi connectivity index (χ2v) is 6.76. The van der Waals surface area contributed by atoms with Crippen molar-refractivity contribution in [3.8, 4) is 0 Å². The second-order valence-electron chi connectivity index (χ2n) is 6.76. The predicted octanol–water partition coefficient (Wildman–Crippen LogP) is 6.07. The lowest BCUT2D eigenvalue weighted by Crippen LogP contribution is -2.15. The Morgan fingerprint density at radius 3 is 2.52 bits per heavy atom. The number of benzene rings is 3. The minimum atomic E-state index is 0.738. The highest BCUT2D eigenvalue weighted by atomic mass is 14.3. The predicted molar refractivity (Wildman–Crippen MR) is 92.0 cm³/mol. The van der Waals surface area contributed by atoms with Crippen LogP contribution in [0, 0.1) is 5.92 Å². The van der Waals surface area contributed by atoms with E-state index in [0.717, 1.165) is 11.8 Å². The van der Waals surface area contributed by atoms with E-state index < -0.39 is 0 Å². The number of hydrogen-bond donors (Lipinski definition) is 0. The third kappa shape index (κ3) is 1.97. The van der Waals surface area contributed by atoms with Crippen LogP contribution in [0.25, 0.3) is 21.5 Å². The van der Waals surface area contributed by atoms with Crippen molar-refractivity contribution in [1.82, 2.24) is 0 Å². The molecule has 0 bridgehead atoms. The summed E-state index contributed by atoms with van der Waals surface area (Å²) >= 11 is 0. The Balaban J connectivity index is 2.04. The first kappa shape index (κ1) is 12.9. The standard InChI is InChI=1S/C21H22/c1-14(2)16-8-5-9-18-19(16)12-13-20-17-7-4-3-6-15(17)10-11-21(18)20/h3-4,6-7,10-14,16H,5,8-9H2,1-2H3. The van der Waals surface area contributed by atoms with Gasteiger partial charge in [0.25, 0.3) is 0 Å². The van der Waals surface area contributed by atoms with Gasteiger partial charge in [0.2, 0.25) is 0 Å². The van der Waals surface area contributed by atoms with Gasteiger partial charge in [-0.2, -0.15) is 0 Å². The summed E-state index contributed by atoms with van der Waals surface area (Å²) in [4.78, 5) is 0. The molecule has 21 heavy (non-hydrogen) atoms. The van der Waals surface area contributed by atoms with E-state index in [4.69, 9.17) is 0 Å². The molecule has 1 atom stereocenters. The van der Waals surface area contributed by atoms with Crippen LogP contribution in [0.4, 0.5) is 0 Å². The first-order valence-electron chi connectivity index (χ1n) is 8.19. The molecule has 0 spiro atoms. The van der Waals surface area contributed by atoms with Crippen LogP contribution < -0.4 is 0 Å². The molecule has 0 amide bonds. The molecule has 1 unspecified atom stereocenters. The zero-order valence-corrected chi connectivity index (χ0v) is 12.9. The Labute approximate surface area is 126 Å². The maximum atomic E-state index is 2.41. The average Bonchev–Trinajstić information content (AvgIpc) is 2.53. The van der Waals surface area contributed by atoms with Gasteiger partial charge in [0, 0.05) is 0 Å². The topological polar surface area (TPSA) is 0 Å². The maximum Gasteiger partial charge on any atom is -0.0102 e. The van der Waals surface area contributed by atoms with Crippen molar-refractivity contribution in [2.75, 3.05) is 0 Å². The third-order valence-electron chi connectivity index (χ3n) is 5.22. The van der Waals surface area contributed by atoms with Crippen LogP contribution >= 0.6 is 0 Å². The molecule has 106 valence electrons.